The third kappa shape index (κ3) is 4.19. The molecule has 2 aromatic rings. The van der Waals surface area contributed by atoms with Gasteiger partial charge < -0.3 is 10.2 Å². The maximum Gasteiger partial charge on any atom is 0.224 e. The molecule has 2 heterocycles. The van der Waals surface area contributed by atoms with Crippen LogP contribution in [-0.2, 0) is 17.9 Å². The van der Waals surface area contributed by atoms with Crippen LogP contribution in [0.25, 0.3) is 0 Å². The number of nitrogens with zero attached hydrogens (tertiary/aromatic N) is 2. The molecule has 1 fully saturated rings. The SMILES string of the molecule is CC(C)c1csc(CNC2CC(=O)N(Cc3cccc(F)c3)C2)n1. The summed E-state index contributed by atoms with van der Waals surface area (Å²) in [6, 6.07) is 6.55. The average Bonchev–Trinajstić information content (AvgIpc) is 3.13. The third-order valence-corrected chi connectivity index (χ3v) is 5.05. The highest BCUT2D eigenvalue weighted by Crippen LogP contribution is 2.19. The van der Waals surface area contributed by atoms with E-state index in [2.05, 4.69) is 29.5 Å². The second kappa shape index (κ2) is 7.40. The number of benzene rings is 1. The lowest BCUT2D eigenvalue weighted by Crippen LogP contribution is -2.32. The lowest BCUT2D eigenvalue weighted by Gasteiger charge is -2.17. The van der Waals surface area contributed by atoms with Crippen molar-refractivity contribution in [2.75, 3.05) is 6.54 Å². The summed E-state index contributed by atoms with van der Waals surface area (Å²) in [5.41, 5.74) is 1.94. The van der Waals surface area contributed by atoms with E-state index in [0.29, 0.717) is 32.0 Å². The average molecular weight is 347 g/mol. The molecule has 0 bridgehead atoms. The molecule has 0 spiro atoms. The van der Waals surface area contributed by atoms with Crippen LogP contribution in [0.1, 0.15) is 42.5 Å². The predicted molar refractivity (Wildman–Crippen MR) is 93.3 cm³/mol. The Morgan fingerprint density at radius 2 is 2.29 bits per heavy atom. The summed E-state index contributed by atoms with van der Waals surface area (Å²) in [5, 5.41) is 6.56. The molecule has 1 aromatic carbocycles. The number of amides is 1. The molecule has 0 radical (unpaired) electrons. The highest BCUT2D eigenvalue weighted by Gasteiger charge is 2.29. The number of hydrogen-bond acceptors (Lipinski definition) is 4. The molecule has 1 aromatic heterocycles. The van der Waals surface area contributed by atoms with E-state index in [1.807, 2.05) is 6.07 Å². The van der Waals surface area contributed by atoms with E-state index in [1.165, 1.54) is 12.1 Å². The van der Waals surface area contributed by atoms with Gasteiger partial charge in [-0.2, -0.15) is 0 Å². The van der Waals surface area contributed by atoms with Gasteiger partial charge in [0, 0.05) is 37.5 Å². The highest BCUT2D eigenvalue weighted by molar-refractivity contribution is 7.09. The summed E-state index contributed by atoms with van der Waals surface area (Å²) < 4.78 is 13.3. The Bertz CT molecular complexity index is 716. The van der Waals surface area contributed by atoms with Crippen molar-refractivity contribution in [3.63, 3.8) is 0 Å². The fourth-order valence-corrected chi connectivity index (χ4v) is 3.73. The zero-order valence-corrected chi connectivity index (χ0v) is 14.8. The molecule has 1 aliphatic heterocycles. The van der Waals surface area contributed by atoms with Crippen LogP contribution in [0.15, 0.2) is 29.6 Å². The Morgan fingerprint density at radius 3 is 3.00 bits per heavy atom. The van der Waals surface area contributed by atoms with Gasteiger partial charge >= 0.3 is 0 Å². The van der Waals surface area contributed by atoms with Gasteiger partial charge in [-0.3, -0.25) is 4.79 Å². The van der Waals surface area contributed by atoms with Crippen molar-refractivity contribution in [3.05, 3.63) is 51.7 Å². The van der Waals surface area contributed by atoms with Crippen molar-refractivity contribution in [3.8, 4) is 0 Å². The summed E-state index contributed by atoms with van der Waals surface area (Å²) in [6.07, 6.45) is 0.484. The smallest absolute Gasteiger partial charge is 0.224 e. The largest absolute Gasteiger partial charge is 0.337 e. The van der Waals surface area contributed by atoms with Gasteiger partial charge in [-0.25, -0.2) is 9.37 Å². The molecule has 1 N–H and O–H groups in total. The van der Waals surface area contributed by atoms with E-state index < -0.39 is 0 Å². The van der Waals surface area contributed by atoms with Gasteiger partial charge in [0.2, 0.25) is 5.91 Å². The van der Waals surface area contributed by atoms with Gasteiger partial charge in [-0.15, -0.1) is 11.3 Å². The summed E-state index contributed by atoms with van der Waals surface area (Å²) in [6.45, 7) is 6.06. The number of nitrogens with one attached hydrogen (secondary N) is 1. The quantitative estimate of drug-likeness (QED) is 0.872. The van der Waals surface area contributed by atoms with Crippen LogP contribution in [0.5, 0.6) is 0 Å². The molecule has 1 saturated heterocycles. The molecule has 6 heteroatoms. The summed E-state index contributed by atoms with van der Waals surface area (Å²) in [7, 11) is 0. The van der Waals surface area contributed by atoms with Gasteiger partial charge in [0.25, 0.3) is 0 Å². The Labute approximate surface area is 145 Å². The van der Waals surface area contributed by atoms with Gasteiger partial charge in [-0.05, 0) is 23.6 Å². The first kappa shape index (κ1) is 17.0. The molecule has 1 unspecified atom stereocenters. The van der Waals surface area contributed by atoms with Gasteiger partial charge in [-0.1, -0.05) is 26.0 Å². The number of rotatable bonds is 6. The first-order valence-electron chi connectivity index (χ1n) is 8.21. The van der Waals surface area contributed by atoms with Crippen LogP contribution >= 0.6 is 11.3 Å². The predicted octanol–water partition coefficient (Wildman–Crippen LogP) is 3.30. The minimum atomic E-state index is -0.265. The van der Waals surface area contributed by atoms with Crippen molar-refractivity contribution < 1.29 is 9.18 Å². The Kier molecular flexibility index (Phi) is 5.26. The maximum absolute atomic E-state index is 13.3. The van der Waals surface area contributed by atoms with Crippen molar-refractivity contribution in [2.24, 2.45) is 0 Å². The fraction of sp³-hybridized carbons (Fsp3) is 0.444. The standard InChI is InChI=1S/C18H22FN3OS/c1-12(2)16-11-24-17(21-16)8-20-15-7-18(23)22(10-15)9-13-4-3-5-14(19)6-13/h3-6,11-12,15,20H,7-10H2,1-2H3. The number of carbonyl (C=O) groups excluding carboxylic acids is 1. The molecule has 1 aliphatic rings. The lowest BCUT2D eigenvalue weighted by atomic mass is 10.2. The second-order valence-electron chi connectivity index (χ2n) is 6.51. The summed E-state index contributed by atoms with van der Waals surface area (Å²) in [5.74, 6) is 0.280. The van der Waals surface area contributed by atoms with E-state index in [9.17, 15) is 9.18 Å². The lowest BCUT2D eigenvalue weighted by molar-refractivity contribution is -0.128. The molecule has 4 nitrogen and oxygen atoms in total. The zero-order valence-electron chi connectivity index (χ0n) is 14.0. The minimum absolute atomic E-state index is 0.110. The van der Waals surface area contributed by atoms with Gasteiger partial charge in [0.15, 0.2) is 0 Å². The molecule has 0 saturated carbocycles. The molecule has 0 aliphatic carbocycles. The van der Waals surface area contributed by atoms with Crippen LogP contribution in [0.2, 0.25) is 0 Å². The summed E-state index contributed by atoms with van der Waals surface area (Å²) in [4.78, 5) is 18.5. The van der Waals surface area contributed by atoms with Crippen LogP contribution in [0.3, 0.4) is 0 Å². The topological polar surface area (TPSA) is 45.2 Å². The van der Waals surface area contributed by atoms with E-state index in [4.69, 9.17) is 0 Å². The van der Waals surface area contributed by atoms with Crippen molar-refractivity contribution in [1.29, 1.82) is 0 Å². The first-order valence-corrected chi connectivity index (χ1v) is 9.09. The van der Waals surface area contributed by atoms with Crippen LogP contribution in [-0.4, -0.2) is 28.4 Å². The zero-order chi connectivity index (χ0) is 17.1. The van der Waals surface area contributed by atoms with Crippen LogP contribution in [0, 0.1) is 5.82 Å². The highest BCUT2D eigenvalue weighted by atomic mass is 32.1. The normalized spacial score (nSPS) is 17.9. The second-order valence-corrected chi connectivity index (χ2v) is 7.45. The van der Waals surface area contributed by atoms with E-state index in [1.54, 1.807) is 22.3 Å². The third-order valence-electron chi connectivity index (χ3n) is 4.18. The first-order chi connectivity index (χ1) is 11.5. The number of aromatic nitrogens is 1. The molecule has 3 rings (SSSR count). The summed E-state index contributed by atoms with van der Waals surface area (Å²) >= 11 is 1.65. The molecule has 1 atom stereocenters. The van der Waals surface area contributed by atoms with E-state index >= 15 is 0 Å². The molecular weight excluding hydrogens is 325 g/mol. The van der Waals surface area contributed by atoms with Crippen molar-refractivity contribution >= 4 is 17.2 Å². The Hall–Kier alpha value is -1.79. The Balaban J connectivity index is 1.52. The van der Waals surface area contributed by atoms with Crippen LogP contribution < -0.4 is 5.32 Å². The maximum atomic E-state index is 13.3. The number of carbonyl (C=O) groups is 1. The Morgan fingerprint density at radius 1 is 1.46 bits per heavy atom. The molecule has 1 amide bonds. The molecule has 24 heavy (non-hydrogen) atoms. The van der Waals surface area contributed by atoms with Gasteiger partial charge in [0.05, 0.1) is 5.69 Å². The number of halogens is 1. The molecule has 128 valence electrons. The monoisotopic (exact) mass is 347 g/mol. The van der Waals surface area contributed by atoms with Crippen molar-refractivity contribution in [2.45, 2.75) is 45.3 Å². The van der Waals surface area contributed by atoms with Gasteiger partial charge in [0.1, 0.15) is 10.8 Å². The van der Waals surface area contributed by atoms with E-state index in [-0.39, 0.29) is 17.8 Å². The fourth-order valence-electron chi connectivity index (χ4n) is 2.82. The number of hydrogen-bond donors (Lipinski definition) is 1. The minimum Gasteiger partial charge on any atom is -0.337 e. The van der Waals surface area contributed by atoms with Crippen molar-refractivity contribution in [1.82, 2.24) is 15.2 Å². The number of likely N-dealkylation sites (tertiary alicyclic amines) is 1. The van der Waals surface area contributed by atoms with E-state index in [0.717, 1.165) is 16.3 Å². The molecular formula is C18H22FN3OS. The number of thiazole rings is 1. The van der Waals surface area contributed by atoms with Crippen LogP contribution in [0.4, 0.5) is 4.39 Å².